The summed E-state index contributed by atoms with van der Waals surface area (Å²) in [5.74, 6) is 0. The number of nitrogens with one attached hydrogen (secondary N) is 1. The topological polar surface area (TPSA) is 54.7 Å². The van der Waals surface area contributed by atoms with Crippen LogP contribution in [0.3, 0.4) is 0 Å². The molecule has 0 aliphatic carbocycles. The lowest BCUT2D eigenvalue weighted by Gasteiger charge is -2.34. The molecule has 1 N–H and O–H groups in total. The van der Waals surface area contributed by atoms with Crippen molar-refractivity contribution in [3.8, 4) is 0 Å². The van der Waals surface area contributed by atoms with Gasteiger partial charge in [0, 0.05) is 30.2 Å². The maximum absolute atomic E-state index is 12.2. The van der Waals surface area contributed by atoms with Gasteiger partial charge < -0.3 is 19.4 Å². The minimum absolute atomic E-state index is 0.228. The highest BCUT2D eigenvalue weighted by Crippen LogP contribution is 2.23. The van der Waals surface area contributed by atoms with Crippen molar-refractivity contribution in [1.82, 2.24) is 4.90 Å². The van der Waals surface area contributed by atoms with Gasteiger partial charge in [-0.3, -0.25) is 0 Å². The Labute approximate surface area is 136 Å². The van der Waals surface area contributed by atoms with Crippen molar-refractivity contribution in [2.75, 3.05) is 18.4 Å². The third-order valence-corrected chi connectivity index (χ3v) is 3.90. The van der Waals surface area contributed by atoms with Crippen LogP contribution in [-0.4, -0.2) is 35.7 Å². The van der Waals surface area contributed by atoms with E-state index in [0.29, 0.717) is 6.54 Å². The van der Waals surface area contributed by atoms with Gasteiger partial charge >= 0.3 is 6.09 Å². The maximum atomic E-state index is 12.2. The Morgan fingerprint density at radius 1 is 1.35 bits per heavy atom. The SMILES string of the molecule is CC(C)(C)OC(=O)N1CCCC(Nc2ccc3occc3c2)C1. The number of amides is 1. The van der Waals surface area contributed by atoms with Crippen molar-refractivity contribution >= 4 is 22.7 Å². The Bertz CT molecular complexity index is 687. The highest BCUT2D eigenvalue weighted by atomic mass is 16.6. The van der Waals surface area contributed by atoms with E-state index in [-0.39, 0.29) is 12.1 Å². The molecule has 0 spiro atoms. The summed E-state index contributed by atoms with van der Waals surface area (Å²) in [5.41, 5.74) is 1.48. The third-order valence-electron chi connectivity index (χ3n) is 3.90. The monoisotopic (exact) mass is 316 g/mol. The van der Waals surface area contributed by atoms with Crippen LogP contribution in [0.25, 0.3) is 11.0 Å². The second-order valence-electron chi connectivity index (χ2n) is 7.08. The van der Waals surface area contributed by atoms with Crippen LogP contribution in [0.15, 0.2) is 34.9 Å². The van der Waals surface area contributed by atoms with Gasteiger partial charge in [0.25, 0.3) is 0 Å². The predicted octanol–water partition coefficient (Wildman–Crippen LogP) is 4.24. The summed E-state index contributed by atoms with van der Waals surface area (Å²) in [7, 11) is 0. The number of anilines is 1. The molecule has 1 saturated heterocycles. The first-order valence-corrected chi connectivity index (χ1v) is 8.12. The number of hydrogen-bond acceptors (Lipinski definition) is 4. The van der Waals surface area contributed by atoms with E-state index in [1.165, 1.54) is 0 Å². The van der Waals surface area contributed by atoms with Crippen LogP contribution in [0.4, 0.5) is 10.5 Å². The van der Waals surface area contributed by atoms with E-state index in [1.807, 2.05) is 39.0 Å². The Kier molecular flexibility index (Phi) is 4.20. The molecule has 1 aliphatic heterocycles. The quantitative estimate of drug-likeness (QED) is 0.900. The van der Waals surface area contributed by atoms with Crippen LogP contribution in [0, 0.1) is 0 Å². The zero-order chi connectivity index (χ0) is 16.4. The minimum atomic E-state index is -0.455. The summed E-state index contributed by atoms with van der Waals surface area (Å²) in [6.07, 6.45) is 3.49. The van der Waals surface area contributed by atoms with Gasteiger partial charge in [0.15, 0.2) is 0 Å². The second kappa shape index (κ2) is 6.14. The molecule has 1 aliphatic rings. The highest BCUT2D eigenvalue weighted by molar-refractivity contribution is 5.81. The number of furan rings is 1. The van der Waals surface area contributed by atoms with Gasteiger partial charge in [0.1, 0.15) is 11.2 Å². The summed E-state index contributed by atoms with van der Waals surface area (Å²) < 4.78 is 10.8. The summed E-state index contributed by atoms with van der Waals surface area (Å²) in [6.45, 7) is 7.10. The van der Waals surface area contributed by atoms with E-state index in [4.69, 9.17) is 9.15 Å². The fourth-order valence-electron chi connectivity index (χ4n) is 2.88. The van der Waals surface area contributed by atoms with Gasteiger partial charge in [0.2, 0.25) is 0 Å². The lowest BCUT2D eigenvalue weighted by Crippen LogP contribution is -2.46. The summed E-state index contributed by atoms with van der Waals surface area (Å²) in [5, 5.41) is 4.60. The number of benzene rings is 1. The van der Waals surface area contributed by atoms with Gasteiger partial charge in [-0.15, -0.1) is 0 Å². The van der Waals surface area contributed by atoms with Crippen molar-refractivity contribution < 1.29 is 13.9 Å². The summed E-state index contributed by atoms with van der Waals surface area (Å²) in [4.78, 5) is 14.0. The molecule has 1 aromatic heterocycles. The smallest absolute Gasteiger partial charge is 0.410 e. The molecule has 1 amide bonds. The van der Waals surface area contributed by atoms with Gasteiger partial charge in [-0.05, 0) is 57.9 Å². The van der Waals surface area contributed by atoms with Crippen LogP contribution in [0.2, 0.25) is 0 Å². The van der Waals surface area contributed by atoms with Crippen LogP contribution in [0.1, 0.15) is 33.6 Å². The van der Waals surface area contributed by atoms with E-state index in [0.717, 1.165) is 36.0 Å². The van der Waals surface area contributed by atoms with Crippen molar-refractivity contribution in [1.29, 1.82) is 0 Å². The molecular formula is C18H24N2O3. The number of likely N-dealkylation sites (tertiary alicyclic amines) is 1. The number of piperidine rings is 1. The lowest BCUT2D eigenvalue weighted by molar-refractivity contribution is 0.0206. The minimum Gasteiger partial charge on any atom is -0.464 e. The van der Waals surface area contributed by atoms with E-state index in [1.54, 1.807) is 11.2 Å². The zero-order valence-corrected chi connectivity index (χ0v) is 14.0. The van der Waals surface area contributed by atoms with E-state index in [2.05, 4.69) is 11.4 Å². The number of ether oxygens (including phenoxy) is 1. The molecule has 2 heterocycles. The standard InChI is InChI=1S/C18H24N2O3/c1-18(2,3)23-17(21)20-9-4-5-15(12-20)19-14-6-7-16-13(11-14)8-10-22-16/h6-8,10-11,15,19H,4-5,9,12H2,1-3H3. The average molecular weight is 316 g/mol. The van der Waals surface area contributed by atoms with Crippen molar-refractivity contribution in [3.05, 3.63) is 30.5 Å². The molecule has 5 nitrogen and oxygen atoms in total. The number of nitrogens with zero attached hydrogens (tertiary/aromatic N) is 1. The maximum Gasteiger partial charge on any atom is 0.410 e. The number of carbonyl (C=O) groups excluding carboxylic acids is 1. The molecule has 0 bridgehead atoms. The first-order chi connectivity index (χ1) is 10.9. The largest absolute Gasteiger partial charge is 0.464 e. The van der Waals surface area contributed by atoms with Crippen molar-refractivity contribution in [2.45, 2.75) is 45.3 Å². The molecule has 124 valence electrons. The summed E-state index contributed by atoms with van der Waals surface area (Å²) >= 11 is 0. The summed E-state index contributed by atoms with van der Waals surface area (Å²) in [6, 6.07) is 8.24. The average Bonchev–Trinajstić information content (AvgIpc) is 2.93. The molecule has 5 heteroatoms. The Morgan fingerprint density at radius 2 is 2.17 bits per heavy atom. The number of fused-ring (bicyclic) bond motifs is 1. The molecule has 23 heavy (non-hydrogen) atoms. The normalized spacial score (nSPS) is 18.9. The number of rotatable bonds is 2. The van der Waals surface area contributed by atoms with Crippen LogP contribution >= 0.6 is 0 Å². The van der Waals surface area contributed by atoms with Crippen LogP contribution < -0.4 is 5.32 Å². The molecule has 0 radical (unpaired) electrons. The van der Waals surface area contributed by atoms with E-state index in [9.17, 15) is 4.79 Å². The second-order valence-corrected chi connectivity index (χ2v) is 7.08. The van der Waals surface area contributed by atoms with E-state index >= 15 is 0 Å². The predicted molar refractivity (Wildman–Crippen MR) is 90.7 cm³/mol. The molecule has 1 atom stereocenters. The number of hydrogen-bond donors (Lipinski definition) is 1. The van der Waals surface area contributed by atoms with Gasteiger partial charge in [-0.2, -0.15) is 0 Å². The van der Waals surface area contributed by atoms with E-state index < -0.39 is 5.60 Å². The van der Waals surface area contributed by atoms with Crippen molar-refractivity contribution in [2.24, 2.45) is 0 Å². The fourth-order valence-corrected chi connectivity index (χ4v) is 2.88. The van der Waals surface area contributed by atoms with Crippen LogP contribution in [0.5, 0.6) is 0 Å². The number of carbonyl (C=O) groups is 1. The molecule has 3 rings (SSSR count). The highest BCUT2D eigenvalue weighted by Gasteiger charge is 2.27. The van der Waals surface area contributed by atoms with Crippen molar-refractivity contribution in [3.63, 3.8) is 0 Å². The van der Waals surface area contributed by atoms with Gasteiger partial charge in [-0.1, -0.05) is 0 Å². The van der Waals surface area contributed by atoms with Gasteiger partial charge in [0.05, 0.1) is 6.26 Å². The molecule has 2 aromatic rings. The molecular weight excluding hydrogens is 292 g/mol. The molecule has 1 fully saturated rings. The first-order valence-electron chi connectivity index (χ1n) is 8.12. The third kappa shape index (κ3) is 3.97. The van der Waals surface area contributed by atoms with Crippen LogP contribution in [-0.2, 0) is 4.74 Å². The van der Waals surface area contributed by atoms with Gasteiger partial charge in [-0.25, -0.2) is 4.79 Å². The molecule has 1 unspecified atom stereocenters. The Morgan fingerprint density at radius 3 is 2.96 bits per heavy atom. The fraction of sp³-hybridized carbons (Fsp3) is 0.500. The Hall–Kier alpha value is -2.17. The zero-order valence-electron chi connectivity index (χ0n) is 14.0. The molecule has 0 saturated carbocycles. The first kappa shape index (κ1) is 15.7. The lowest BCUT2D eigenvalue weighted by atomic mass is 10.1. The Balaban J connectivity index is 1.63. The molecule has 1 aromatic carbocycles.